The molecule has 0 aromatic carbocycles. The van der Waals surface area contributed by atoms with Gasteiger partial charge in [-0.15, -0.1) is 0 Å². The second-order valence-corrected chi connectivity index (χ2v) is 3.01. The van der Waals surface area contributed by atoms with Crippen molar-refractivity contribution in [2.45, 2.75) is 6.92 Å². The monoisotopic (exact) mass is 203 g/mol. The summed E-state index contributed by atoms with van der Waals surface area (Å²) in [7, 11) is 0. The average molecular weight is 203 g/mol. The van der Waals surface area contributed by atoms with Crippen LogP contribution in [0.25, 0.3) is 0 Å². The number of allylic oxidation sites excluding steroid dienone is 1. The minimum Gasteiger partial charge on any atom is -0.351 e. The molecule has 1 aromatic heterocycles. The van der Waals surface area contributed by atoms with Gasteiger partial charge in [0.25, 0.3) is 0 Å². The molecule has 0 aliphatic heterocycles. The Hall–Kier alpha value is -2.10. The Labute approximate surface area is 88.7 Å². The zero-order valence-electron chi connectivity index (χ0n) is 8.60. The highest BCUT2D eigenvalue weighted by atomic mass is 16.2. The van der Waals surface area contributed by atoms with Crippen molar-refractivity contribution >= 4 is 11.8 Å². The lowest BCUT2D eigenvalue weighted by molar-refractivity contribution is 0.255. The number of urea groups is 1. The molecule has 0 aliphatic carbocycles. The van der Waals surface area contributed by atoms with E-state index in [0.29, 0.717) is 11.5 Å². The molecule has 0 spiro atoms. The number of carbonyl (C=O) groups excluding carboxylic acids is 1. The minimum absolute atomic E-state index is 0.407. The normalized spacial score (nSPS) is 9.40. The number of aromatic nitrogens is 1. The Balaban J connectivity index is 3.22. The molecule has 0 radical (unpaired) electrons. The summed E-state index contributed by atoms with van der Waals surface area (Å²) in [6.45, 7) is 9.06. The summed E-state index contributed by atoms with van der Waals surface area (Å²) >= 11 is 0. The quantitative estimate of drug-likeness (QED) is 0.763. The lowest BCUT2D eigenvalue weighted by Crippen LogP contribution is -2.35. The molecule has 0 fully saturated rings. The standard InChI is InChI=1S/C11H13N3O/c1-4-9(3)14(11(12)15)10-8(2)6-5-7-13-10/h4-7H,1,3H2,2H3,(H2,12,15). The predicted molar refractivity (Wildman–Crippen MR) is 60.4 cm³/mol. The lowest BCUT2D eigenvalue weighted by Gasteiger charge is -2.20. The van der Waals surface area contributed by atoms with Crippen LogP contribution in [0.5, 0.6) is 0 Å². The van der Waals surface area contributed by atoms with Gasteiger partial charge in [-0.3, -0.25) is 0 Å². The number of pyridine rings is 1. The Morgan fingerprint density at radius 3 is 2.80 bits per heavy atom. The van der Waals surface area contributed by atoms with E-state index in [1.807, 2.05) is 13.0 Å². The molecule has 0 bridgehead atoms. The number of nitrogens with zero attached hydrogens (tertiary/aromatic N) is 2. The van der Waals surface area contributed by atoms with Crippen LogP contribution < -0.4 is 10.6 Å². The number of nitrogens with two attached hydrogens (primary N) is 1. The Morgan fingerprint density at radius 1 is 1.67 bits per heavy atom. The van der Waals surface area contributed by atoms with E-state index >= 15 is 0 Å². The van der Waals surface area contributed by atoms with E-state index in [1.54, 1.807) is 12.3 Å². The van der Waals surface area contributed by atoms with Crippen LogP contribution in [-0.2, 0) is 0 Å². The van der Waals surface area contributed by atoms with Crippen LogP contribution in [0.3, 0.4) is 0 Å². The summed E-state index contributed by atoms with van der Waals surface area (Å²) in [5, 5.41) is 0. The van der Waals surface area contributed by atoms with Gasteiger partial charge in [0.1, 0.15) is 5.82 Å². The summed E-state index contributed by atoms with van der Waals surface area (Å²) in [6.07, 6.45) is 3.05. The first-order valence-corrected chi connectivity index (χ1v) is 4.40. The minimum atomic E-state index is -0.623. The van der Waals surface area contributed by atoms with Gasteiger partial charge in [-0.25, -0.2) is 14.7 Å². The highest BCUT2D eigenvalue weighted by Crippen LogP contribution is 2.19. The molecule has 0 saturated carbocycles. The maximum Gasteiger partial charge on any atom is 0.325 e. The SMILES string of the molecule is C=CC(=C)N(C(N)=O)c1ncccc1C. The van der Waals surface area contributed by atoms with Gasteiger partial charge in [-0.2, -0.15) is 0 Å². The molecule has 0 atom stereocenters. The molecule has 0 unspecified atom stereocenters. The summed E-state index contributed by atoms with van der Waals surface area (Å²) in [4.78, 5) is 16.6. The van der Waals surface area contributed by atoms with Gasteiger partial charge in [-0.05, 0) is 24.6 Å². The number of primary amides is 1. The molecule has 1 aromatic rings. The number of rotatable bonds is 3. The van der Waals surface area contributed by atoms with Crippen LogP contribution >= 0.6 is 0 Å². The molecule has 2 N–H and O–H groups in total. The molecule has 78 valence electrons. The predicted octanol–water partition coefficient (Wildman–Crippen LogP) is 1.97. The van der Waals surface area contributed by atoms with Gasteiger partial charge in [0.2, 0.25) is 0 Å². The molecule has 0 saturated heterocycles. The number of anilines is 1. The van der Waals surface area contributed by atoms with E-state index in [0.717, 1.165) is 5.56 Å². The molecular weight excluding hydrogens is 190 g/mol. The molecule has 1 rings (SSSR count). The second kappa shape index (κ2) is 4.41. The maximum atomic E-state index is 11.3. The zero-order valence-corrected chi connectivity index (χ0v) is 8.60. The van der Waals surface area contributed by atoms with Crippen LogP contribution in [-0.4, -0.2) is 11.0 Å². The Kier molecular flexibility index (Phi) is 3.23. The summed E-state index contributed by atoms with van der Waals surface area (Å²) in [5.41, 5.74) is 6.51. The van der Waals surface area contributed by atoms with Crippen LogP contribution in [0.15, 0.2) is 43.3 Å². The first kappa shape index (κ1) is 11.0. The van der Waals surface area contributed by atoms with Crippen LogP contribution in [0, 0.1) is 6.92 Å². The van der Waals surface area contributed by atoms with E-state index in [-0.39, 0.29) is 0 Å². The molecule has 4 nitrogen and oxygen atoms in total. The summed E-state index contributed by atoms with van der Waals surface area (Å²) < 4.78 is 0. The van der Waals surface area contributed by atoms with E-state index in [1.165, 1.54) is 11.0 Å². The smallest absolute Gasteiger partial charge is 0.325 e. The third kappa shape index (κ3) is 2.22. The van der Waals surface area contributed by atoms with Crippen LogP contribution in [0.1, 0.15) is 5.56 Å². The largest absolute Gasteiger partial charge is 0.351 e. The van der Waals surface area contributed by atoms with Crippen molar-refractivity contribution in [3.05, 3.63) is 48.8 Å². The Morgan fingerprint density at radius 2 is 2.33 bits per heavy atom. The van der Waals surface area contributed by atoms with Crippen molar-refractivity contribution in [1.29, 1.82) is 0 Å². The first-order valence-electron chi connectivity index (χ1n) is 4.40. The van der Waals surface area contributed by atoms with E-state index in [9.17, 15) is 4.79 Å². The number of aryl methyl sites for hydroxylation is 1. The molecule has 1 heterocycles. The van der Waals surface area contributed by atoms with Crippen molar-refractivity contribution in [3.63, 3.8) is 0 Å². The number of carbonyl (C=O) groups is 1. The first-order chi connectivity index (χ1) is 7.07. The lowest BCUT2D eigenvalue weighted by atomic mass is 10.2. The molecular formula is C11H13N3O. The highest BCUT2D eigenvalue weighted by Gasteiger charge is 2.16. The van der Waals surface area contributed by atoms with Crippen LogP contribution in [0.2, 0.25) is 0 Å². The van der Waals surface area contributed by atoms with Crippen molar-refractivity contribution in [2.24, 2.45) is 5.73 Å². The fourth-order valence-corrected chi connectivity index (χ4v) is 1.18. The van der Waals surface area contributed by atoms with Gasteiger partial charge in [0, 0.05) is 11.9 Å². The van der Waals surface area contributed by atoms with Gasteiger partial charge in [0.05, 0.1) is 0 Å². The van der Waals surface area contributed by atoms with Gasteiger partial charge < -0.3 is 5.73 Å². The summed E-state index contributed by atoms with van der Waals surface area (Å²) in [5.74, 6) is 0.481. The maximum absolute atomic E-state index is 11.3. The van der Waals surface area contributed by atoms with Gasteiger partial charge in [-0.1, -0.05) is 19.2 Å². The number of hydrogen-bond acceptors (Lipinski definition) is 2. The molecule has 15 heavy (non-hydrogen) atoms. The fraction of sp³-hybridized carbons (Fsp3) is 0.0909. The van der Waals surface area contributed by atoms with E-state index < -0.39 is 6.03 Å². The second-order valence-electron chi connectivity index (χ2n) is 3.01. The van der Waals surface area contributed by atoms with E-state index in [4.69, 9.17) is 5.73 Å². The molecule has 0 aliphatic rings. The van der Waals surface area contributed by atoms with Crippen molar-refractivity contribution in [2.75, 3.05) is 4.90 Å². The van der Waals surface area contributed by atoms with Crippen molar-refractivity contribution in [3.8, 4) is 0 Å². The number of amides is 2. The van der Waals surface area contributed by atoms with Gasteiger partial charge >= 0.3 is 6.03 Å². The number of hydrogen-bond donors (Lipinski definition) is 1. The van der Waals surface area contributed by atoms with Crippen molar-refractivity contribution < 1.29 is 4.79 Å². The van der Waals surface area contributed by atoms with Crippen molar-refractivity contribution in [1.82, 2.24) is 4.98 Å². The third-order valence-corrected chi connectivity index (χ3v) is 1.94. The topological polar surface area (TPSA) is 59.2 Å². The molecule has 4 heteroatoms. The Bertz CT molecular complexity index is 412. The highest BCUT2D eigenvalue weighted by molar-refractivity contribution is 5.94. The summed E-state index contributed by atoms with van der Waals surface area (Å²) in [6, 6.07) is 3.00. The van der Waals surface area contributed by atoms with Crippen LogP contribution in [0.4, 0.5) is 10.6 Å². The fourth-order valence-electron chi connectivity index (χ4n) is 1.18. The third-order valence-electron chi connectivity index (χ3n) is 1.94. The van der Waals surface area contributed by atoms with Gasteiger partial charge in [0.15, 0.2) is 0 Å². The van der Waals surface area contributed by atoms with E-state index in [2.05, 4.69) is 18.1 Å². The molecule has 2 amide bonds. The zero-order chi connectivity index (χ0) is 11.4. The average Bonchev–Trinajstić information content (AvgIpc) is 2.20.